The van der Waals surface area contributed by atoms with Crippen molar-refractivity contribution in [1.82, 2.24) is 0 Å². The number of unbranched alkanes of at least 4 members (excludes halogenated alkanes) is 2. The predicted octanol–water partition coefficient (Wildman–Crippen LogP) is 4.20. The zero-order valence-electron chi connectivity index (χ0n) is 15.5. The van der Waals surface area contributed by atoms with E-state index >= 15 is 0 Å². The number of phenolic OH excluding ortho intramolecular Hbond substituents is 1. The van der Waals surface area contributed by atoms with Gasteiger partial charge in [-0.2, -0.15) is 0 Å². The maximum absolute atomic E-state index is 11.6. The smallest absolute Gasteiger partial charge is 0.244 e. The Morgan fingerprint density at radius 2 is 2.12 bits per heavy atom. The van der Waals surface area contributed by atoms with Crippen LogP contribution in [0, 0.1) is 5.92 Å². The molecule has 4 heteroatoms. The molecule has 2 atom stereocenters. The lowest BCUT2D eigenvalue weighted by molar-refractivity contribution is -0.115. The van der Waals surface area contributed by atoms with Gasteiger partial charge in [0, 0.05) is 23.0 Å². The van der Waals surface area contributed by atoms with Gasteiger partial charge in [0.2, 0.25) is 5.91 Å². The van der Waals surface area contributed by atoms with E-state index in [1.807, 2.05) is 12.1 Å². The summed E-state index contributed by atoms with van der Waals surface area (Å²) in [6, 6.07) is 3.94. The summed E-state index contributed by atoms with van der Waals surface area (Å²) in [5.74, 6) is 0.986. The second kappa shape index (κ2) is 6.74. The third-order valence-corrected chi connectivity index (χ3v) is 5.75. The average Bonchev–Trinajstić information content (AvgIpc) is 2.53. The number of phenols is 1. The topological polar surface area (TPSA) is 72.6 Å². The van der Waals surface area contributed by atoms with Crippen LogP contribution < -0.4 is 10.5 Å². The lowest BCUT2D eigenvalue weighted by atomic mass is 9.67. The molecule has 0 radical (unpaired) electrons. The van der Waals surface area contributed by atoms with E-state index in [4.69, 9.17) is 10.5 Å². The first-order valence-electron chi connectivity index (χ1n) is 9.37. The van der Waals surface area contributed by atoms with Gasteiger partial charge < -0.3 is 15.6 Å². The van der Waals surface area contributed by atoms with Gasteiger partial charge in [0.15, 0.2) is 0 Å². The van der Waals surface area contributed by atoms with Crippen LogP contribution in [0.3, 0.4) is 0 Å². The highest BCUT2D eigenvalue weighted by atomic mass is 16.5. The second-order valence-corrected chi connectivity index (χ2v) is 7.94. The summed E-state index contributed by atoms with van der Waals surface area (Å²) in [7, 11) is 0. The Labute approximate surface area is 150 Å². The van der Waals surface area contributed by atoms with Crippen LogP contribution in [0.2, 0.25) is 0 Å². The van der Waals surface area contributed by atoms with Crippen LogP contribution in [0.15, 0.2) is 23.8 Å². The van der Waals surface area contributed by atoms with Gasteiger partial charge in [0.05, 0.1) is 0 Å². The highest BCUT2D eigenvalue weighted by Crippen LogP contribution is 2.54. The molecule has 4 nitrogen and oxygen atoms in total. The molecular weight excluding hydrogens is 314 g/mol. The van der Waals surface area contributed by atoms with Crippen molar-refractivity contribution in [2.45, 2.75) is 70.8 Å². The molecule has 0 aromatic heterocycles. The minimum Gasteiger partial charge on any atom is -0.508 e. The van der Waals surface area contributed by atoms with E-state index in [0.29, 0.717) is 17.7 Å². The monoisotopic (exact) mass is 343 g/mol. The van der Waals surface area contributed by atoms with Gasteiger partial charge in [-0.25, -0.2) is 0 Å². The summed E-state index contributed by atoms with van der Waals surface area (Å²) in [5.41, 5.74) is 7.78. The zero-order valence-corrected chi connectivity index (χ0v) is 15.5. The maximum atomic E-state index is 11.6. The number of allylic oxidation sites excluding steroid dienone is 1. The predicted molar refractivity (Wildman–Crippen MR) is 98.8 cm³/mol. The number of rotatable bonds is 5. The number of hydrogen-bond acceptors (Lipinski definition) is 3. The molecule has 3 N–H and O–H groups in total. The van der Waals surface area contributed by atoms with E-state index in [2.05, 4.69) is 26.8 Å². The summed E-state index contributed by atoms with van der Waals surface area (Å²) < 4.78 is 6.31. The fraction of sp³-hybridized carbons (Fsp3) is 0.571. The Morgan fingerprint density at radius 1 is 1.36 bits per heavy atom. The molecule has 0 bridgehead atoms. The summed E-state index contributed by atoms with van der Waals surface area (Å²) in [5, 5.41) is 10.7. The van der Waals surface area contributed by atoms with Crippen LogP contribution in [0.5, 0.6) is 11.5 Å². The minimum absolute atomic E-state index is 0.0657. The molecule has 1 heterocycles. The quantitative estimate of drug-likeness (QED) is 0.787. The molecule has 1 amide bonds. The molecule has 0 saturated heterocycles. The molecule has 0 saturated carbocycles. The van der Waals surface area contributed by atoms with Crippen molar-refractivity contribution in [3.63, 3.8) is 0 Å². The van der Waals surface area contributed by atoms with Crippen molar-refractivity contribution in [3.8, 4) is 11.5 Å². The van der Waals surface area contributed by atoms with Gasteiger partial charge in [-0.1, -0.05) is 25.8 Å². The number of aromatic hydroxyl groups is 1. The van der Waals surface area contributed by atoms with Gasteiger partial charge in [-0.3, -0.25) is 4.79 Å². The number of carbonyl (C=O) groups is 1. The molecule has 2 aliphatic rings. The fourth-order valence-electron chi connectivity index (χ4n) is 4.38. The highest BCUT2D eigenvalue weighted by molar-refractivity contribution is 5.92. The van der Waals surface area contributed by atoms with Crippen LogP contribution in [-0.2, 0) is 11.2 Å². The zero-order chi connectivity index (χ0) is 18.2. The number of benzene rings is 1. The molecule has 25 heavy (non-hydrogen) atoms. The molecule has 3 rings (SSSR count). The van der Waals surface area contributed by atoms with Crippen molar-refractivity contribution in [2.75, 3.05) is 0 Å². The van der Waals surface area contributed by atoms with E-state index in [1.165, 1.54) is 12.8 Å². The molecule has 2 unspecified atom stereocenters. The molecule has 136 valence electrons. The van der Waals surface area contributed by atoms with E-state index in [0.717, 1.165) is 36.1 Å². The van der Waals surface area contributed by atoms with E-state index in [9.17, 15) is 9.90 Å². The lowest BCUT2D eigenvalue weighted by Gasteiger charge is -2.47. The normalized spacial score (nSPS) is 23.9. The standard InChI is InChI=1S/C21H29NO3/c1-4-5-6-7-13-10-17(23)19-15-12-14(20(22)24)8-9-16(15)21(2,3)25-18(19)11-13/h8,10-11,15-16,23H,4-7,9,12H2,1-3H3,(H2,22,24). The van der Waals surface area contributed by atoms with Gasteiger partial charge in [-0.05, 0) is 57.2 Å². The highest BCUT2D eigenvalue weighted by Gasteiger charge is 2.46. The molecule has 0 spiro atoms. The number of fused-ring (bicyclic) bond motifs is 3. The van der Waals surface area contributed by atoms with Gasteiger partial charge in [0.25, 0.3) is 0 Å². The van der Waals surface area contributed by atoms with Gasteiger partial charge >= 0.3 is 0 Å². The van der Waals surface area contributed by atoms with Crippen LogP contribution >= 0.6 is 0 Å². The fourth-order valence-corrected chi connectivity index (χ4v) is 4.38. The molecule has 1 aromatic carbocycles. The SMILES string of the molecule is CCCCCc1cc(O)c2c(c1)OC(C)(C)C1CC=C(C(N)=O)CC21. The molecule has 1 aromatic rings. The van der Waals surface area contributed by atoms with Crippen molar-refractivity contribution in [2.24, 2.45) is 11.7 Å². The number of carbonyl (C=O) groups excluding carboxylic acids is 1. The van der Waals surface area contributed by atoms with Crippen LogP contribution in [0.25, 0.3) is 0 Å². The third-order valence-electron chi connectivity index (χ3n) is 5.75. The number of aryl methyl sites for hydroxylation is 1. The van der Waals surface area contributed by atoms with Crippen molar-refractivity contribution in [3.05, 3.63) is 34.9 Å². The van der Waals surface area contributed by atoms with Crippen LogP contribution in [0.4, 0.5) is 0 Å². The van der Waals surface area contributed by atoms with Crippen LogP contribution in [0.1, 0.15) is 69.9 Å². The first-order valence-corrected chi connectivity index (χ1v) is 9.37. The van der Waals surface area contributed by atoms with Crippen molar-refractivity contribution < 1.29 is 14.6 Å². The molecule has 0 fully saturated rings. The van der Waals surface area contributed by atoms with Crippen LogP contribution in [-0.4, -0.2) is 16.6 Å². The molecule has 1 aliphatic carbocycles. The molecule has 1 aliphatic heterocycles. The summed E-state index contributed by atoms with van der Waals surface area (Å²) in [6.07, 6.45) is 7.66. The van der Waals surface area contributed by atoms with Gasteiger partial charge in [0.1, 0.15) is 17.1 Å². The largest absolute Gasteiger partial charge is 0.508 e. The minimum atomic E-state index is -0.361. The second-order valence-electron chi connectivity index (χ2n) is 7.94. The Hall–Kier alpha value is -1.97. The van der Waals surface area contributed by atoms with E-state index in [1.54, 1.807) is 0 Å². The Morgan fingerprint density at radius 3 is 2.80 bits per heavy atom. The Balaban J connectivity index is 1.97. The average molecular weight is 343 g/mol. The van der Waals surface area contributed by atoms with Gasteiger partial charge in [-0.15, -0.1) is 0 Å². The lowest BCUT2D eigenvalue weighted by Crippen LogP contribution is -2.46. The maximum Gasteiger partial charge on any atom is 0.244 e. The van der Waals surface area contributed by atoms with Crippen molar-refractivity contribution >= 4 is 5.91 Å². The number of hydrogen-bond donors (Lipinski definition) is 2. The number of ether oxygens (including phenoxy) is 1. The Kier molecular flexibility index (Phi) is 4.81. The van der Waals surface area contributed by atoms with E-state index < -0.39 is 0 Å². The first kappa shape index (κ1) is 17.8. The summed E-state index contributed by atoms with van der Waals surface area (Å²) in [4.78, 5) is 11.6. The number of primary amides is 1. The first-order chi connectivity index (χ1) is 11.8. The number of amides is 1. The molecular formula is C21H29NO3. The van der Waals surface area contributed by atoms with E-state index in [-0.39, 0.29) is 23.3 Å². The summed E-state index contributed by atoms with van der Waals surface area (Å²) in [6.45, 7) is 6.37. The third kappa shape index (κ3) is 3.39. The van der Waals surface area contributed by atoms with Crippen molar-refractivity contribution in [1.29, 1.82) is 0 Å². The Bertz CT molecular complexity index is 705. The number of nitrogens with two attached hydrogens (primary N) is 1. The summed E-state index contributed by atoms with van der Waals surface area (Å²) >= 11 is 0.